The molecule has 3 nitrogen and oxygen atoms in total. The highest BCUT2D eigenvalue weighted by Gasteiger charge is 2.58. The number of hydrogen-bond donors (Lipinski definition) is 1. The van der Waals surface area contributed by atoms with Crippen LogP contribution in [-0.2, 0) is 0 Å². The van der Waals surface area contributed by atoms with Crippen LogP contribution in [0.2, 0.25) is 0 Å². The van der Waals surface area contributed by atoms with Gasteiger partial charge in [0.25, 0.3) is 0 Å². The van der Waals surface area contributed by atoms with Crippen molar-refractivity contribution in [3.8, 4) is 5.75 Å². The van der Waals surface area contributed by atoms with Gasteiger partial charge in [-0.3, -0.25) is 4.90 Å². The Morgan fingerprint density at radius 2 is 1.92 bits per heavy atom. The number of rotatable bonds is 6. The van der Waals surface area contributed by atoms with Crippen molar-refractivity contribution in [1.29, 1.82) is 0 Å². The Morgan fingerprint density at radius 1 is 1.20 bits per heavy atom. The highest BCUT2D eigenvalue weighted by Crippen LogP contribution is 2.36. The lowest BCUT2D eigenvalue weighted by Gasteiger charge is -2.38. The molecule has 0 aromatic heterocycles. The minimum atomic E-state index is -5.66. The molecule has 2 rings (SSSR count). The van der Waals surface area contributed by atoms with E-state index in [1.165, 1.54) is 11.4 Å². The van der Waals surface area contributed by atoms with E-state index in [1.54, 1.807) is 6.07 Å². The van der Waals surface area contributed by atoms with Crippen LogP contribution in [0.3, 0.4) is 0 Å². The number of nitrogens with one attached hydrogen (secondary N) is 1. The van der Waals surface area contributed by atoms with Crippen molar-refractivity contribution in [2.24, 2.45) is 0 Å². The average Bonchev–Trinajstić information content (AvgIpc) is 2.52. The van der Waals surface area contributed by atoms with E-state index in [0.29, 0.717) is 12.6 Å². The lowest BCUT2D eigenvalue weighted by Crippen LogP contribution is -2.46. The third kappa shape index (κ3) is 5.20. The van der Waals surface area contributed by atoms with Gasteiger partial charge in [-0.2, -0.15) is 22.0 Å². The zero-order valence-corrected chi connectivity index (χ0v) is 14.2. The first-order chi connectivity index (χ1) is 11.6. The molecule has 0 spiro atoms. The van der Waals surface area contributed by atoms with Crippen LogP contribution >= 0.6 is 0 Å². The topological polar surface area (TPSA) is 24.5 Å². The van der Waals surface area contributed by atoms with Gasteiger partial charge in [-0.05, 0) is 45.4 Å². The predicted molar refractivity (Wildman–Crippen MR) is 86.0 cm³/mol. The molecule has 1 N–H and O–H groups in total. The zero-order valence-electron chi connectivity index (χ0n) is 14.2. The first-order valence-corrected chi connectivity index (χ1v) is 8.31. The van der Waals surface area contributed by atoms with Crippen LogP contribution in [0.25, 0.3) is 0 Å². The summed E-state index contributed by atoms with van der Waals surface area (Å²) in [5.74, 6) is 0.261. The fourth-order valence-electron chi connectivity index (χ4n) is 2.99. The van der Waals surface area contributed by atoms with Gasteiger partial charge in [0, 0.05) is 23.8 Å². The van der Waals surface area contributed by atoms with E-state index in [2.05, 4.69) is 18.7 Å². The third-order valence-corrected chi connectivity index (χ3v) is 4.27. The molecule has 1 heterocycles. The van der Waals surface area contributed by atoms with E-state index in [0.717, 1.165) is 37.9 Å². The second kappa shape index (κ2) is 7.76. The number of nitrogens with zero attached hydrogens (tertiary/aromatic N) is 1. The smallest absolute Gasteiger partial charge is 0.475 e. The number of hydrogen-bond acceptors (Lipinski definition) is 3. The number of likely N-dealkylation sites (tertiary alicyclic amines) is 1. The minimum absolute atomic E-state index is 0.210. The summed E-state index contributed by atoms with van der Waals surface area (Å²) in [4.78, 5) is 2.32. The van der Waals surface area contributed by atoms with Gasteiger partial charge in [-0.1, -0.05) is 12.5 Å². The quantitative estimate of drug-likeness (QED) is 0.573. The van der Waals surface area contributed by atoms with E-state index in [4.69, 9.17) is 4.74 Å². The van der Waals surface area contributed by atoms with Crippen LogP contribution in [0, 0.1) is 0 Å². The summed E-state index contributed by atoms with van der Waals surface area (Å²) in [6, 6.07) is 0.804. The molecule has 0 amide bonds. The average molecular weight is 366 g/mol. The third-order valence-electron chi connectivity index (χ3n) is 4.27. The number of piperidine rings is 1. The predicted octanol–water partition coefficient (Wildman–Crippen LogP) is 4.90. The fraction of sp³-hybridized carbons (Fsp3) is 0.647. The molecule has 0 saturated carbocycles. The van der Waals surface area contributed by atoms with Crippen LogP contribution < -0.4 is 10.1 Å². The number of anilines is 1. The van der Waals surface area contributed by atoms with E-state index in [1.807, 2.05) is 0 Å². The molecule has 1 aromatic rings. The van der Waals surface area contributed by atoms with Crippen LogP contribution in [-0.4, -0.2) is 42.4 Å². The highest BCUT2D eigenvalue weighted by atomic mass is 19.4. The maximum absolute atomic E-state index is 13.1. The van der Waals surface area contributed by atoms with Gasteiger partial charge in [0.05, 0.1) is 0 Å². The second-order valence-corrected chi connectivity index (χ2v) is 6.52. The lowest BCUT2D eigenvalue weighted by atomic mass is 10.0. The van der Waals surface area contributed by atoms with Crippen molar-refractivity contribution in [3.63, 3.8) is 0 Å². The van der Waals surface area contributed by atoms with E-state index in [-0.39, 0.29) is 17.5 Å². The summed E-state index contributed by atoms with van der Waals surface area (Å²) in [6.45, 7) is 5.55. The summed E-state index contributed by atoms with van der Waals surface area (Å²) < 4.78 is 68.7. The van der Waals surface area contributed by atoms with Crippen LogP contribution in [0.4, 0.5) is 27.6 Å². The van der Waals surface area contributed by atoms with Gasteiger partial charge >= 0.3 is 12.2 Å². The standard InChI is InChI=1S/C17H23F5N2O/c1-12(2)24-9-4-3-7-14(24)11-25-15-8-5-6-13(10-15)23-17(21,22)16(18,19)20/h5-6,8,10,12,14,23H,3-4,7,9,11H2,1-2H3. The first-order valence-electron chi connectivity index (χ1n) is 8.31. The normalized spacial score (nSPS) is 19.9. The molecule has 1 aliphatic rings. The van der Waals surface area contributed by atoms with E-state index < -0.39 is 12.2 Å². The Bertz CT molecular complexity index is 562. The second-order valence-electron chi connectivity index (χ2n) is 6.52. The van der Waals surface area contributed by atoms with Crippen LogP contribution in [0.15, 0.2) is 24.3 Å². The minimum Gasteiger partial charge on any atom is -0.492 e. The Morgan fingerprint density at radius 3 is 2.56 bits per heavy atom. The van der Waals surface area contributed by atoms with Crippen molar-refractivity contribution in [2.45, 2.75) is 57.4 Å². The lowest BCUT2D eigenvalue weighted by molar-refractivity contribution is -0.268. The molecule has 1 aliphatic heterocycles. The monoisotopic (exact) mass is 366 g/mol. The van der Waals surface area contributed by atoms with Crippen molar-refractivity contribution in [1.82, 2.24) is 4.90 Å². The molecule has 1 aromatic carbocycles. The number of halogens is 5. The van der Waals surface area contributed by atoms with Gasteiger partial charge in [0.15, 0.2) is 0 Å². The maximum Gasteiger partial charge on any atom is 0.475 e. The molecule has 1 fully saturated rings. The Balaban J connectivity index is 1.99. The molecule has 0 bridgehead atoms. The number of benzene rings is 1. The SMILES string of the molecule is CC(C)N1CCCCC1COc1cccc(NC(F)(F)C(F)(F)F)c1. The summed E-state index contributed by atoms with van der Waals surface area (Å²) in [5.41, 5.74) is -0.343. The molecule has 0 aliphatic carbocycles. The van der Waals surface area contributed by atoms with E-state index >= 15 is 0 Å². The first kappa shape index (κ1) is 19.8. The maximum atomic E-state index is 13.1. The van der Waals surface area contributed by atoms with Crippen LogP contribution in [0.5, 0.6) is 5.75 Å². The van der Waals surface area contributed by atoms with Gasteiger partial charge in [-0.25, -0.2) is 0 Å². The summed E-state index contributed by atoms with van der Waals surface area (Å²) >= 11 is 0. The van der Waals surface area contributed by atoms with Crippen molar-refractivity contribution in [3.05, 3.63) is 24.3 Å². The largest absolute Gasteiger partial charge is 0.492 e. The summed E-state index contributed by atoms with van der Waals surface area (Å²) in [6.07, 6.45) is -2.47. The van der Waals surface area contributed by atoms with E-state index in [9.17, 15) is 22.0 Å². The molecule has 0 radical (unpaired) electrons. The Hall–Kier alpha value is -1.57. The Labute approximate surface area is 144 Å². The summed E-state index contributed by atoms with van der Waals surface area (Å²) in [7, 11) is 0. The van der Waals surface area contributed by atoms with Gasteiger partial charge in [-0.15, -0.1) is 0 Å². The molecule has 1 saturated heterocycles. The van der Waals surface area contributed by atoms with Crippen molar-refractivity contribution >= 4 is 5.69 Å². The fourth-order valence-corrected chi connectivity index (χ4v) is 2.99. The van der Waals surface area contributed by atoms with Gasteiger partial charge < -0.3 is 10.1 Å². The molecule has 1 atom stereocenters. The number of ether oxygens (including phenoxy) is 1. The molecule has 1 unspecified atom stereocenters. The molecular weight excluding hydrogens is 343 g/mol. The number of alkyl halides is 5. The van der Waals surface area contributed by atoms with Crippen LogP contribution in [0.1, 0.15) is 33.1 Å². The van der Waals surface area contributed by atoms with Gasteiger partial charge in [0.1, 0.15) is 12.4 Å². The van der Waals surface area contributed by atoms with Crippen molar-refractivity contribution in [2.75, 3.05) is 18.5 Å². The molecule has 25 heavy (non-hydrogen) atoms. The Kier molecular flexibility index (Phi) is 6.13. The van der Waals surface area contributed by atoms with Gasteiger partial charge in [0.2, 0.25) is 0 Å². The molecular formula is C17H23F5N2O. The van der Waals surface area contributed by atoms with Crippen molar-refractivity contribution < 1.29 is 26.7 Å². The highest BCUT2D eigenvalue weighted by molar-refractivity contribution is 5.49. The molecule has 8 heteroatoms. The zero-order chi connectivity index (χ0) is 18.7. The summed E-state index contributed by atoms with van der Waals surface area (Å²) in [5, 5.41) is 1.21. The molecule has 142 valence electrons.